The van der Waals surface area contributed by atoms with Crippen LogP contribution >= 0.6 is 0 Å². The summed E-state index contributed by atoms with van der Waals surface area (Å²) in [5, 5.41) is 0. The third-order valence-corrected chi connectivity index (χ3v) is 2.75. The van der Waals surface area contributed by atoms with E-state index in [4.69, 9.17) is 5.73 Å². The highest BCUT2D eigenvalue weighted by molar-refractivity contribution is 5.29. The molecule has 0 radical (unpaired) electrons. The predicted octanol–water partition coefficient (Wildman–Crippen LogP) is 1.00. The van der Waals surface area contributed by atoms with Gasteiger partial charge in [-0.15, -0.1) is 0 Å². The Bertz CT molecular complexity index is 373. The summed E-state index contributed by atoms with van der Waals surface area (Å²) in [5.41, 5.74) is 9.15. The van der Waals surface area contributed by atoms with E-state index < -0.39 is 0 Å². The molecule has 0 atom stereocenters. The van der Waals surface area contributed by atoms with E-state index in [1.807, 2.05) is 0 Å². The van der Waals surface area contributed by atoms with Crippen LogP contribution in [0.3, 0.4) is 0 Å². The molecule has 0 unspecified atom stereocenters. The molecule has 1 aliphatic heterocycles. The molecule has 0 aromatic carbocycles. The summed E-state index contributed by atoms with van der Waals surface area (Å²) in [7, 11) is 2.09. The molecule has 0 saturated carbocycles. The monoisotopic (exact) mass is 206 g/mol. The first-order valence-electron chi connectivity index (χ1n) is 5.39. The third kappa shape index (κ3) is 1.87. The van der Waals surface area contributed by atoms with Crippen molar-refractivity contribution in [1.82, 2.24) is 14.9 Å². The maximum absolute atomic E-state index is 5.73. The van der Waals surface area contributed by atoms with Gasteiger partial charge in [-0.1, -0.05) is 13.8 Å². The van der Waals surface area contributed by atoms with Crippen LogP contribution in [0.1, 0.15) is 42.5 Å². The Morgan fingerprint density at radius 2 is 2.07 bits per heavy atom. The lowest BCUT2D eigenvalue weighted by Crippen LogP contribution is -2.11. The second-order valence-corrected chi connectivity index (χ2v) is 4.48. The lowest BCUT2D eigenvalue weighted by Gasteiger charge is -2.09. The largest absolute Gasteiger partial charge is 0.325 e. The fourth-order valence-electron chi connectivity index (χ4n) is 1.92. The van der Waals surface area contributed by atoms with Crippen molar-refractivity contribution in [3.05, 3.63) is 22.8 Å². The molecule has 4 nitrogen and oxygen atoms in total. The first kappa shape index (κ1) is 10.5. The summed E-state index contributed by atoms with van der Waals surface area (Å²) in [6.45, 7) is 6.59. The van der Waals surface area contributed by atoms with Crippen molar-refractivity contribution in [3.63, 3.8) is 0 Å². The SMILES string of the molecule is CC(C)c1nc(CN)c2c(n1)CN(C)C2. The average molecular weight is 206 g/mol. The van der Waals surface area contributed by atoms with E-state index in [0.29, 0.717) is 12.5 Å². The van der Waals surface area contributed by atoms with Crippen molar-refractivity contribution in [2.45, 2.75) is 39.4 Å². The van der Waals surface area contributed by atoms with Crippen LogP contribution in [0, 0.1) is 0 Å². The highest BCUT2D eigenvalue weighted by Crippen LogP contribution is 2.23. The van der Waals surface area contributed by atoms with Crippen LogP contribution in [0.5, 0.6) is 0 Å². The first-order valence-corrected chi connectivity index (χ1v) is 5.39. The zero-order valence-corrected chi connectivity index (χ0v) is 9.62. The Hall–Kier alpha value is -1.00. The summed E-state index contributed by atoms with van der Waals surface area (Å²) in [5.74, 6) is 1.29. The van der Waals surface area contributed by atoms with Crippen molar-refractivity contribution >= 4 is 0 Å². The zero-order valence-electron chi connectivity index (χ0n) is 9.62. The quantitative estimate of drug-likeness (QED) is 0.784. The van der Waals surface area contributed by atoms with Crippen molar-refractivity contribution in [1.29, 1.82) is 0 Å². The Balaban J connectivity index is 2.47. The number of aromatic nitrogens is 2. The van der Waals surface area contributed by atoms with E-state index in [2.05, 4.69) is 35.8 Å². The van der Waals surface area contributed by atoms with Crippen molar-refractivity contribution in [2.24, 2.45) is 5.73 Å². The summed E-state index contributed by atoms with van der Waals surface area (Å²) < 4.78 is 0. The van der Waals surface area contributed by atoms with E-state index in [0.717, 1.165) is 30.3 Å². The highest BCUT2D eigenvalue weighted by Gasteiger charge is 2.22. The van der Waals surface area contributed by atoms with Gasteiger partial charge >= 0.3 is 0 Å². The van der Waals surface area contributed by atoms with Gasteiger partial charge in [-0.05, 0) is 7.05 Å². The lowest BCUT2D eigenvalue weighted by atomic mass is 10.1. The Kier molecular flexibility index (Phi) is 2.71. The topological polar surface area (TPSA) is 55.0 Å². The van der Waals surface area contributed by atoms with Crippen molar-refractivity contribution in [2.75, 3.05) is 7.05 Å². The Morgan fingerprint density at radius 1 is 1.33 bits per heavy atom. The van der Waals surface area contributed by atoms with Crippen LogP contribution in [0.15, 0.2) is 0 Å². The molecule has 15 heavy (non-hydrogen) atoms. The molecule has 2 heterocycles. The molecular weight excluding hydrogens is 188 g/mol. The molecule has 1 aromatic rings. The second-order valence-electron chi connectivity index (χ2n) is 4.48. The van der Waals surface area contributed by atoms with Gasteiger partial charge in [0.25, 0.3) is 0 Å². The minimum absolute atomic E-state index is 0.367. The molecule has 0 amide bonds. The maximum Gasteiger partial charge on any atom is 0.131 e. The fraction of sp³-hybridized carbons (Fsp3) is 0.636. The van der Waals surface area contributed by atoms with Gasteiger partial charge in [0.2, 0.25) is 0 Å². The second kappa shape index (κ2) is 3.87. The van der Waals surface area contributed by atoms with E-state index in [-0.39, 0.29) is 0 Å². The number of fused-ring (bicyclic) bond motifs is 1. The van der Waals surface area contributed by atoms with Gasteiger partial charge < -0.3 is 5.73 Å². The van der Waals surface area contributed by atoms with Crippen molar-refractivity contribution in [3.8, 4) is 0 Å². The summed E-state index contributed by atoms with van der Waals surface area (Å²) in [4.78, 5) is 11.4. The van der Waals surface area contributed by atoms with Crippen LogP contribution in [-0.2, 0) is 19.6 Å². The molecule has 0 fully saturated rings. The molecule has 2 N–H and O–H groups in total. The number of nitrogens with two attached hydrogens (primary N) is 1. The smallest absolute Gasteiger partial charge is 0.131 e. The van der Waals surface area contributed by atoms with Gasteiger partial charge in [-0.2, -0.15) is 0 Å². The molecule has 0 aliphatic carbocycles. The molecule has 4 heteroatoms. The van der Waals surface area contributed by atoms with Gasteiger partial charge in [0.05, 0.1) is 11.4 Å². The standard InChI is InChI=1S/C11H18N4/c1-7(2)11-13-9(4-12)8-5-15(3)6-10(8)14-11/h7H,4-6,12H2,1-3H3. The lowest BCUT2D eigenvalue weighted by molar-refractivity contribution is 0.350. The van der Waals surface area contributed by atoms with Crippen LogP contribution < -0.4 is 5.73 Å². The minimum Gasteiger partial charge on any atom is -0.325 e. The predicted molar refractivity (Wildman–Crippen MR) is 59.2 cm³/mol. The highest BCUT2D eigenvalue weighted by atomic mass is 15.1. The zero-order chi connectivity index (χ0) is 11.0. The van der Waals surface area contributed by atoms with Crippen LogP contribution in [-0.4, -0.2) is 21.9 Å². The van der Waals surface area contributed by atoms with Gasteiger partial charge in [-0.25, -0.2) is 9.97 Å². The Morgan fingerprint density at radius 3 is 2.67 bits per heavy atom. The minimum atomic E-state index is 0.367. The number of nitrogens with zero attached hydrogens (tertiary/aromatic N) is 3. The summed E-state index contributed by atoms with van der Waals surface area (Å²) in [6, 6.07) is 0. The number of hydrogen-bond donors (Lipinski definition) is 1. The van der Waals surface area contributed by atoms with Gasteiger partial charge in [0.15, 0.2) is 0 Å². The molecule has 2 rings (SSSR count). The van der Waals surface area contributed by atoms with E-state index in [1.165, 1.54) is 5.56 Å². The van der Waals surface area contributed by atoms with Gasteiger partial charge in [0.1, 0.15) is 5.82 Å². The fourth-order valence-corrected chi connectivity index (χ4v) is 1.92. The van der Waals surface area contributed by atoms with Crippen LogP contribution in [0.4, 0.5) is 0 Å². The summed E-state index contributed by atoms with van der Waals surface area (Å²) >= 11 is 0. The maximum atomic E-state index is 5.73. The molecule has 1 aromatic heterocycles. The normalized spacial score (nSPS) is 16.1. The van der Waals surface area contributed by atoms with Gasteiger partial charge in [-0.3, -0.25) is 4.90 Å². The van der Waals surface area contributed by atoms with E-state index in [9.17, 15) is 0 Å². The molecule has 82 valence electrons. The molecule has 0 saturated heterocycles. The molecule has 0 spiro atoms. The third-order valence-electron chi connectivity index (χ3n) is 2.75. The summed E-state index contributed by atoms with van der Waals surface area (Å²) in [6.07, 6.45) is 0. The molecule has 1 aliphatic rings. The Labute approximate surface area is 90.5 Å². The number of rotatable bonds is 2. The van der Waals surface area contributed by atoms with Gasteiger partial charge in [0, 0.05) is 31.1 Å². The molecular formula is C11H18N4. The van der Waals surface area contributed by atoms with E-state index in [1.54, 1.807) is 0 Å². The average Bonchev–Trinajstić information content (AvgIpc) is 2.56. The van der Waals surface area contributed by atoms with Crippen LogP contribution in [0.25, 0.3) is 0 Å². The van der Waals surface area contributed by atoms with E-state index >= 15 is 0 Å². The molecule has 0 bridgehead atoms. The first-order chi connectivity index (χ1) is 7.11. The van der Waals surface area contributed by atoms with Crippen LogP contribution in [0.2, 0.25) is 0 Å². The number of hydrogen-bond acceptors (Lipinski definition) is 4. The van der Waals surface area contributed by atoms with Crippen molar-refractivity contribution < 1.29 is 0 Å².